The number of rotatable bonds is 3. The van der Waals surface area contributed by atoms with E-state index in [9.17, 15) is 9.59 Å². The van der Waals surface area contributed by atoms with Crippen molar-refractivity contribution in [3.63, 3.8) is 0 Å². The number of thiophene rings is 1. The van der Waals surface area contributed by atoms with Gasteiger partial charge in [-0.15, -0.1) is 11.3 Å². The van der Waals surface area contributed by atoms with Crippen LogP contribution >= 0.6 is 22.9 Å². The van der Waals surface area contributed by atoms with Crippen LogP contribution in [0.2, 0.25) is 5.02 Å². The second kappa shape index (κ2) is 5.12. The van der Waals surface area contributed by atoms with Crippen molar-refractivity contribution in [1.82, 2.24) is 0 Å². The van der Waals surface area contributed by atoms with Crippen molar-refractivity contribution >= 4 is 35.2 Å². The van der Waals surface area contributed by atoms with E-state index < -0.39 is 5.97 Å². The molecule has 3 nitrogen and oxygen atoms in total. The van der Waals surface area contributed by atoms with Crippen molar-refractivity contribution in [2.45, 2.75) is 0 Å². The molecule has 0 aliphatic rings. The molecule has 1 aromatic heterocycles. The van der Waals surface area contributed by atoms with E-state index >= 15 is 0 Å². The van der Waals surface area contributed by atoms with Crippen molar-refractivity contribution < 1.29 is 14.3 Å². The van der Waals surface area contributed by atoms with E-state index in [4.69, 9.17) is 16.3 Å². The van der Waals surface area contributed by atoms with Gasteiger partial charge in [0.25, 0.3) is 0 Å². The van der Waals surface area contributed by atoms with E-state index in [2.05, 4.69) is 0 Å². The van der Waals surface area contributed by atoms with Gasteiger partial charge in [0.1, 0.15) is 16.9 Å². The lowest BCUT2D eigenvalue weighted by Crippen LogP contribution is -2.06. The number of ether oxygens (including phenoxy) is 1. The third-order valence-electron chi connectivity index (χ3n) is 2.02. The van der Waals surface area contributed by atoms with Crippen LogP contribution in [0, 0.1) is 0 Å². The minimum atomic E-state index is -0.458. The molecule has 0 saturated carbocycles. The van der Waals surface area contributed by atoms with Crippen LogP contribution in [-0.4, -0.2) is 12.3 Å². The van der Waals surface area contributed by atoms with E-state index in [-0.39, 0.29) is 10.8 Å². The highest BCUT2D eigenvalue weighted by atomic mass is 35.5. The molecule has 5 heteroatoms. The molecule has 0 saturated heterocycles. The molecule has 86 valence electrons. The van der Waals surface area contributed by atoms with Crippen LogP contribution in [0.3, 0.4) is 0 Å². The second-order valence-corrected chi connectivity index (χ2v) is 4.53. The maximum absolute atomic E-state index is 11.6. The largest absolute Gasteiger partial charge is 0.421 e. The summed E-state index contributed by atoms with van der Waals surface area (Å²) in [5.74, 6) is -0.212. The molecule has 0 bridgehead atoms. The highest BCUT2D eigenvalue weighted by molar-refractivity contribution is 7.12. The fourth-order valence-corrected chi connectivity index (χ4v) is 2.04. The van der Waals surface area contributed by atoms with Gasteiger partial charge in [0.05, 0.1) is 5.02 Å². The SMILES string of the molecule is O=Cc1ccc(OC(=O)c2cccs2)c(Cl)c1. The zero-order valence-electron chi connectivity index (χ0n) is 8.55. The van der Waals surface area contributed by atoms with Crippen molar-refractivity contribution in [1.29, 1.82) is 0 Å². The van der Waals surface area contributed by atoms with Gasteiger partial charge in [0.2, 0.25) is 0 Å². The van der Waals surface area contributed by atoms with Gasteiger partial charge in [-0.1, -0.05) is 17.7 Å². The summed E-state index contributed by atoms with van der Waals surface area (Å²) in [5, 5.41) is 2.02. The molecule has 1 aromatic carbocycles. The molecule has 0 fully saturated rings. The minimum Gasteiger partial charge on any atom is -0.421 e. The molecule has 0 amide bonds. The van der Waals surface area contributed by atoms with Gasteiger partial charge in [-0.3, -0.25) is 4.79 Å². The summed E-state index contributed by atoms with van der Waals surface area (Å²) in [7, 11) is 0. The second-order valence-electron chi connectivity index (χ2n) is 3.17. The molecule has 1 heterocycles. The Hall–Kier alpha value is -1.65. The monoisotopic (exact) mass is 266 g/mol. The Kier molecular flexibility index (Phi) is 3.56. The first-order chi connectivity index (χ1) is 8.20. The van der Waals surface area contributed by atoms with Crippen molar-refractivity contribution in [2.75, 3.05) is 0 Å². The molecule has 0 spiro atoms. The summed E-state index contributed by atoms with van der Waals surface area (Å²) in [6.07, 6.45) is 0.677. The summed E-state index contributed by atoms with van der Waals surface area (Å²) in [5.41, 5.74) is 0.436. The quantitative estimate of drug-likeness (QED) is 0.486. The highest BCUT2D eigenvalue weighted by Crippen LogP contribution is 2.26. The first kappa shape index (κ1) is 11.8. The number of esters is 1. The van der Waals surface area contributed by atoms with Crippen molar-refractivity contribution in [2.24, 2.45) is 0 Å². The Bertz CT molecular complexity index is 549. The van der Waals surface area contributed by atoms with Crippen LogP contribution in [0.25, 0.3) is 0 Å². The number of carbonyl (C=O) groups is 2. The Balaban J connectivity index is 2.19. The van der Waals surface area contributed by atoms with Crippen molar-refractivity contribution in [3.8, 4) is 5.75 Å². The van der Waals surface area contributed by atoms with Gasteiger partial charge < -0.3 is 4.74 Å². The Labute approximate surface area is 107 Å². The highest BCUT2D eigenvalue weighted by Gasteiger charge is 2.11. The maximum Gasteiger partial charge on any atom is 0.353 e. The standard InChI is InChI=1S/C12H7ClO3S/c13-9-6-8(7-14)3-4-10(9)16-12(15)11-2-1-5-17-11/h1-7H. The molecule has 0 radical (unpaired) electrons. The first-order valence-corrected chi connectivity index (χ1v) is 5.97. The molecule has 0 N–H and O–H groups in total. The smallest absolute Gasteiger partial charge is 0.353 e. The number of carbonyl (C=O) groups excluding carboxylic acids is 2. The molecular formula is C12H7ClO3S. The lowest BCUT2D eigenvalue weighted by Gasteiger charge is -2.04. The van der Waals surface area contributed by atoms with Crippen LogP contribution < -0.4 is 4.74 Å². The van der Waals surface area contributed by atoms with Crippen LogP contribution in [-0.2, 0) is 0 Å². The van der Waals surface area contributed by atoms with Gasteiger partial charge in [0.15, 0.2) is 0 Å². The molecule has 2 rings (SSSR count). The zero-order valence-corrected chi connectivity index (χ0v) is 10.1. The molecule has 0 unspecified atom stereocenters. The molecule has 0 atom stereocenters. The van der Waals surface area contributed by atoms with Crippen molar-refractivity contribution in [3.05, 3.63) is 51.2 Å². The molecule has 2 aromatic rings. The number of hydrogen-bond donors (Lipinski definition) is 0. The van der Waals surface area contributed by atoms with E-state index in [0.717, 1.165) is 0 Å². The number of halogens is 1. The third-order valence-corrected chi connectivity index (χ3v) is 3.16. The minimum absolute atomic E-state index is 0.236. The summed E-state index contributed by atoms with van der Waals surface area (Å²) in [6, 6.07) is 7.91. The van der Waals surface area contributed by atoms with Gasteiger partial charge in [-0.05, 0) is 29.6 Å². The lowest BCUT2D eigenvalue weighted by molar-refractivity contribution is 0.0740. The molecule has 0 aliphatic heterocycles. The normalized spacial score (nSPS) is 9.94. The Morgan fingerprint density at radius 1 is 1.35 bits per heavy atom. The zero-order chi connectivity index (χ0) is 12.3. The predicted molar refractivity (Wildman–Crippen MR) is 66.1 cm³/mol. The summed E-state index contributed by atoms with van der Waals surface area (Å²) >= 11 is 7.17. The van der Waals surface area contributed by atoms with E-state index in [1.165, 1.54) is 29.5 Å². The fourth-order valence-electron chi connectivity index (χ4n) is 1.22. The number of aldehydes is 1. The average Bonchev–Trinajstić information content (AvgIpc) is 2.85. The predicted octanol–water partition coefficient (Wildman–Crippen LogP) is 3.43. The molecule has 17 heavy (non-hydrogen) atoms. The third kappa shape index (κ3) is 2.72. The van der Waals surface area contributed by atoms with E-state index in [1.807, 2.05) is 0 Å². The van der Waals surface area contributed by atoms with Crippen LogP contribution in [0.4, 0.5) is 0 Å². The van der Waals surface area contributed by atoms with E-state index in [0.29, 0.717) is 16.7 Å². The van der Waals surface area contributed by atoms with Crippen LogP contribution in [0.5, 0.6) is 5.75 Å². The van der Waals surface area contributed by atoms with Gasteiger partial charge in [0, 0.05) is 5.56 Å². The first-order valence-electron chi connectivity index (χ1n) is 4.71. The average molecular weight is 267 g/mol. The number of benzene rings is 1. The van der Waals surface area contributed by atoms with Crippen LogP contribution in [0.1, 0.15) is 20.0 Å². The van der Waals surface area contributed by atoms with E-state index in [1.54, 1.807) is 17.5 Å². The lowest BCUT2D eigenvalue weighted by atomic mass is 10.2. The summed E-state index contributed by atoms with van der Waals surface area (Å²) in [6.45, 7) is 0. The summed E-state index contributed by atoms with van der Waals surface area (Å²) in [4.78, 5) is 22.7. The Morgan fingerprint density at radius 3 is 2.76 bits per heavy atom. The van der Waals surface area contributed by atoms with Gasteiger partial charge in [-0.2, -0.15) is 0 Å². The summed E-state index contributed by atoms with van der Waals surface area (Å²) < 4.78 is 5.11. The molecular weight excluding hydrogens is 260 g/mol. The maximum atomic E-state index is 11.6. The number of hydrogen-bond acceptors (Lipinski definition) is 4. The van der Waals surface area contributed by atoms with Gasteiger partial charge in [-0.25, -0.2) is 4.79 Å². The van der Waals surface area contributed by atoms with Gasteiger partial charge >= 0.3 is 5.97 Å². The topological polar surface area (TPSA) is 43.4 Å². The fraction of sp³-hybridized carbons (Fsp3) is 0. The van der Waals surface area contributed by atoms with Crippen LogP contribution in [0.15, 0.2) is 35.7 Å². The molecule has 0 aliphatic carbocycles. The Morgan fingerprint density at radius 2 is 2.18 bits per heavy atom.